The van der Waals surface area contributed by atoms with E-state index in [0.29, 0.717) is 5.69 Å². The Kier molecular flexibility index (Phi) is 3.09. The van der Waals surface area contributed by atoms with Crippen LogP contribution in [-0.2, 0) is 0 Å². The zero-order valence-corrected chi connectivity index (χ0v) is 11.7. The van der Waals surface area contributed by atoms with Crippen molar-refractivity contribution in [2.24, 2.45) is 0 Å². The summed E-state index contributed by atoms with van der Waals surface area (Å²) in [5.41, 5.74) is 9.36. The Bertz CT molecular complexity index is 492. The number of likely N-dealkylation sites (tertiary alicyclic amines) is 1. The van der Waals surface area contributed by atoms with Crippen molar-refractivity contribution in [3.05, 3.63) is 28.8 Å². The highest BCUT2D eigenvalue weighted by atomic mass is 16.2. The second-order valence-corrected chi connectivity index (χ2v) is 5.90. The SMILES string of the molecule is Cc1cc(C)c(C(=O)N2CCCC2(C)C)cc1N. The molecule has 1 heterocycles. The van der Waals surface area contributed by atoms with E-state index in [1.807, 2.05) is 30.9 Å². The zero-order valence-electron chi connectivity index (χ0n) is 11.7. The van der Waals surface area contributed by atoms with E-state index in [9.17, 15) is 4.79 Å². The average Bonchev–Trinajstić information content (AvgIpc) is 2.62. The van der Waals surface area contributed by atoms with Crippen LogP contribution in [0.25, 0.3) is 0 Å². The molecule has 0 radical (unpaired) electrons. The van der Waals surface area contributed by atoms with Gasteiger partial charge in [-0.1, -0.05) is 6.07 Å². The van der Waals surface area contributed by atoms with Crippen molar-refractivity contribution in [1.29, 1.82) is 0 Å². The highest BCUT2D eigenvalue weighted by molar-refractivity contribution is 5.97. The number of hydrogen-bond donors (Lipinski definition) is 1. The fourth-order valence-corrected chi connectivity index (χ4v) is 2.73. The Morgan fingerprint density at radius 3 is 2.50 bits per heavy atom. The standard InChI is InChI=1S/C15H22N2O/c1-10-8-11(2)13(16)9-12(10)14(18)17-7-5-6-15(17,3)4/h8-9H,5-7,16H2,1-4H3. The summed E-state index contributed by atoms with van der Waals surface area (Å²) in [6, 6.07) is 3.81. The molecule has 0 aliphatic carbocycles. The fourth-order valence-electron chi connectivity index (χ4n) is 2.73. The largest absolute Gasteiger partial charge is 0.398 e. The molecule has 1 saturated heterocycles. The molecule has 18 heavy (non-hydrogen) atoms. The van der Waals surface area contributed by atoms with Crippen molar-refractivity contribution in [2.45, 2.75) is 46.1 Å². The van der Waals surface area contributed by atoms with Gasteiger partial charge in [-0.25, -0.2) is 0 Å². The van der Waals surface area contributed by atoms with E-state index in [1.54, 1.807) is 0 Å². The number of aryl methyl sites for hydroxylation is 2. The van der Waals surface area contributed by atoms with Crippen LogP contribution in [0.4, 0.5) is 5.69 Å². The third-order valence-corrected chi connectivity index (χ3v) is 3.99. The number of hydrogen-bond acceptors (Lipinski definition) is 2. The number of nitrogen functional groups attached to an aromatic ring is 1. The molecule has 3 nitrogen and oxygen atoms in total. The number of anilines is 1. The van der Waals surface area contributed by atoms with Crippen LogP contribution in [0.5, 0.6) is 0 Å². The quantitative estimate of drug-likeness (QED) is 0.774. The molecule has 0 atom stereocenters. The Labute approximate surface area is 109 Å². The molecule has 0 spiro atoms. The number of amides is 1. The molecule has 1 aliphatic rings. The summed E-state index contributed by atoms with van der Waals surface area (Å²) in [5, 5.41) is 0. The van der Waals surface area contributed by atoms with Crippen LogP contribution in [0.15, 0.2) is 12.1 Å². The first-order chi connectivity index (χ1) is 8.33. The second-order valence-electron chi connectivity index (χ2n) is 5.90. The van der Waals surface area contributed by atoms with Gasteiger partial charge in [0.2, 0.25) is 0 Å². The molecule has 1 aromatic rings. The number of carbonyl (C=O) groups excluding carboxylic acids is 1. The van der Waals surface area contributed by atoms with E-state index < -0.39 is 0 Å². The number of rotatable bonds is 1. The average molecular weight is 246 g/mol. The maximum absolute atomic E-state index is 12.6. The van der Waals surface area contributed by atoms with Crippen LogP contribution in [-0.4, -0.2) is 22.9 Å². The van der Waals surface area contributed by atoms with E-state index in [4.69, 9.17) is 5.73 Å². The summed E-state index contributed by atoms with van der Waals surface area (Å²) in [6.45, 7) is 9.05. The molecule has 2 rings (SSSR count). The van der Waals surface area contributed by atoms with Crippen LogP contribution in [0.1, 0.15) is 48.2 Å². The Balaban J connectivity index is 2.38. The summed E-state index contributed by atoms with van der Waals surface area (Å²) in [7, 11) is 0. The lowest BCUT2D eigenvalue weighted by molar-refractivity contribution is 0.0651. The summed E-state index contributed by atoms with van der Waals surface area (Å²) >= 11 is 0. The van der Waals surface area contributed by atoms with Crippen molar-refractivity contribution in [2.75, 3.05) is 12.3 Å². The van der Waals surface area contributed by atoms with Crippen LogP contribution >= 0.6 is 0 Å². The summed E-state index contributed by atoms with van der Waals surface area (Å²) in [6.07, 6.45) is 2.15. The Morgan fingerprint density at radius 2 is 1.94 bits per heavy atom. The van der Waals surface area contributed by atoms with E-state index >= 15 is 0 Å². The Hall–Kier alpha value is -1.51. The van der Waals surface area contributed by atoms with Crippen molar-refractivity contribution < 1.29 is 4.79 Å². The van der Waals surface area contributed by atoms with Crippen molar-refractivity contribution in [3.63, 3.8) is 0 Å². The lowest BCUT2D eigenvalue weighted by Gasteiger charge is -2.32. The van der Waals surface area contributed by atoms with E-state index in [0.717, 1.165) is 36.1 Å². The molecule has 0 aromatic heterocycles. The first kappa shape index (κ1) is 12.9. The summed E-state index contributed by atoms with van der Waals surface area (Å²) in [4.78, 5) is 14.6. The van der Waals surface area contributed by atoms with Gasteiger partial charge in [0.15, 0.2) is 0 Å². The molecule has 1 aliphatic heterocycles. The van der Waals surface area contributed by atoms with Gasteiger partial charge < -0.3 is 10.6 Å². The molecule has 0 unspecified atom stereocenters. The predicted octanol–water partition coefficient (Wildman–Crippen LogP) is 2.90. The van der Waals surface area contributed by atoms with Crippen LogP contribution < -0.4 is 5.73 Å². The van der Waals surface area contributed by atoms with Gasteiger partial charge in [-0.2, -0.15) is 0 Å². The molecule has 0 saturated carbocycles. The minimum Gasteiger partial charge on any atom is -0.398 e. The minimum absolute atomic E-state index is 0.0385. The Morgan fingerprint density at radius 1 is 1.28 bits per heavy atom. The molecule has 98 valence electrons. The van der Waals surface area contributed by atoms with Gasteiger partial charge >= 0.3 is 0 Å². The number of nitrogens with zero attached hydrogens (tertiary/aromatic N) is 1. The van der Waals surface area contributed by atoms with Crippen LogP contribution in [0.2, 0.25) is 0 Å². The van der Waals surface area contributed by atoms with Crippen molar-refractivity contribution >= 4 is 11.6 Å². The molecule has 1 amide bonds. The topological polar surface area (TPSA) is 46.3 Å². The lowest BCUT2D eigenvalue weighted by Crippen LogP contribution is -2.42. The number of benzene rings is 1. The van der Waals surface area contributed by atoms with Gasteiger partial charge in [-0.15, -0.1) is 0 Å². The molecule has 1 fully saturated rings. The zero-order chi connectivity index (χ0) is 13.5. The molecule has 2 N–H and O–H groups in total. The van der Waals surface area contributed by atoms with Crippen LogP contribution in [0, 0.1) is 13.8 Å². The molecular formula is C15H22N2O. The first-order valence-electron chi connectivity index (χ1n) is 6.51. The van der Waals surface area contributed by atoms with E-state index in [-0.39, 0.29) is 11.4 Å². The molecule has 1 aromatic carbocycles. The van der Waals surface area contributed by atoms with Gasteiger partial charge in [0.05, 0.1) is 0 Å². The first-order valence-corrected chi connectivity index (χ1v) is 6.51. The van der Waals surface area contributed by atoms with Crippen LogP contribution in [0.3, 0.4) is 0 Å². The normalized spacial score (nSPS) is 18.1. The highest BCUT2D eigenvalue weighted by Crippen LogP contribution is 2.31. The van der Waals surface area contributed by atoms with E-state index in [2.05, 4.69) is 13.8 Å². The van der Waals surface area contributed by atoms with Gasteiger partial charge in [0.25, 0.3) is 5.91 Å². The monoisotopic (exact) mass is 246 g/mol. The van der Waals surface area contributed by atoms with Gasteiger partial charge in [0, 0.05) is 23.3 Å². The maximum atomic E-state index is 12.6. The van der Waals surface area contributed by atoms with Crippen molar-refractivity contribution in [1.82, 2.24) is 4.90 Å². The highest BCUT2D eigenvalue weighted by Gasteiger charge is 2.36. The number of carbonyl (C=O) groups is 1. The summed E-state index contributed by atoms with van der Waals surface area (Å²) < 4.78 is 0. The molecule has 3 heteroatoms. The smallest absolute Gasteiger partial charge is 0.254 e. The fraction of sp³-hybridized carbons (Fsp3) is 0.533. The third kappa shape index (κ3) is 2.09. The molecular weight excluding hydrogens is 224 g/mol. The summed E-state index contributed by atoms with van der Waals surface area (Å²) in [5.74, 6) is 0.113. The number of nitrogens with two attached hydrogens (primary N) is 1. The minimum atomic E-state index is -0.0385. The molecule has 0 bridgehead atoms. The van der Waals surface area contributed by atoms with Gasteiger partial charge in [-0.05, 0) is 57.7 Å². The van der Waals surface area contributed by atoms with Gasteiger partial charge in [-0.3, -0.25) is 4.79 Å². The van der Waals surface area contributed by atoms with Gasteiger partial charge in [0.1, 0.15) is 0 Å². The maximum Gasteiger partial charge on any atom is 0.254 e. The van der Waals surface area contributed by atoms with E-state index in [1.165, 1.54) is 0 Å². The van der Waals surface area contributed by atoms with Crippen molar-refractivity contribution in [3.8, 4) is 0 Å². The third-order valence-electron chi connectivity index (χ3n) is 3.99. The lowest BCUT2D eigenvalue weighted by atomic mass is 9.99. The second kappa shape index (κ2) is 4.30. The predicted molar refractivity (Wildman–Crippen MR) is 74.7 cm³/mol.